The molecule has 42 heavy (non-hydrogen) atoms. The Morgan fingerprint density at radius 3 is 1.88 bits per heavy atom. The summed E-state index contributed by atoms with van der Waals surface area (Å²) in [4.78, 5) is 48.6. The zero-order valence-electron chi connectivity index (χ0n) is 23.4. The lowest BCUT2D eigenvalue weighted by Gasteiger charge is -2.27. The Morgan fingerprint density at radius 2 is 1.26 bits per heavy atom. The first-order valence-corrected chi connectivity index (χ1v) is 14.1. The largest absolute Gasteiger partial charge is 0.463 e. The molecular weight excluding hydrogens is 536 g/mol. The van der Waals surface area contributed by atoms with Gasteiger partial charge in [-0.15, -0.1) is 0 Å². The summed E-state index contributed by atoms with van der Waals surface area (Å²) < 4.78 is 21.4. The zero-order chi connectivity index (χ0) is 29.7. The maximum absolute atomic E-state index is 12.7. The van der Waals surface area contributed by atoms with Crippen LogP contribution in [0.25, 0.3) is 11.1 Å². The number of benzene rings is 3. The molecule has 1 aliphatic rings. The highest BCUT2D eigenvalue weighted by Gasteiger charge is 2.30. The fraction of sp³-hybridized carbons (Fsp3) is 0.294. The molecule has 0 heterocycles. The van der Waals surface area contributed by atoms with E-state index < -0.39 is 17.9 Å². The SMILES string of the molecule is C=CC(=O)OCCCCOC(=O)c1ccc(C(=O)OC2CCC(C(=O)Oc3ccc(-c4ccccc4)cc3)CC2)cc1. The van der Waals surface area contributed by atoms with Gasteiger partial charge in [0.1, 0.15) is 11.9 Å². The highest BCUT2D eigenvalue weighted by atomic mass is 16.5. The molecule has 8 heteroatoms. The second kappa shape index (κ2) is 15.3. The molecule has 3 aromatic carbocycles. The van der Waals surface area contributed by atoms with Crippen LogP contribution in [0.4, 0.5) is 0 Å². The van der Waals surface area contributed by atoms with Crippen LogP contribution in [-0.2, 0) is 23.8 Å². The molecule has 1 saturated carbocycles. The Bertz CT molecular complexity index is 1350. The lowest BCUT2D eigenvalue weighted by molar-refractivity contribution is -0.140. The molecule has 0 atom stereocenters. The minimum absolute atomic E-state index is 0.186. The summed E-state index contributed by atoms with van der Waals surface area (Å²) in [6.07, 6.45) is 4.18. The molecule has 8 nitrogen and oxygen atoms in total. The maximum atomic E-state index is 12.7. The van der Waals surface area contributed by atoms with E-state index in [1.54, 1.807) is 12.1 Å². The number of carbonyl (C=O) groups is 4. The third kappa shape index (κ3) is 8.89. The molecule has 218 valence electrons. The maximum Gasteiger partial charge on any atom is 0.338 e. The molecule has 0 saturated heterocycles. The van der Waals surface area contributed by atoms with Crippen LogP contribution < -0.4 is 4.74 Å². The monoisotopic (exact) mass is 570 g/mol. The highest BCUT2D eigenvalue weighted by Crippen LogP contribution is 2.29. The predicted octanol–water partition coefficient (Wildman–Crippen LogP) is 6.34. The molecule has 0 bridgehead atoms. The zero-order valence-corrected chi connectivity index (χ0v) is 23.4. The van der Waals surface area contributed by atoms with Crippen molar-refractivity contribution in [2.45, 2.75) is 44.6 Å². The van der Waals surface area contributed by atoms with Crippen molar-refractivity contribution in [3.63, 3.8) is 0 Å². The van der Waals surface area contributed by atoms with E-state index in [0.717, 1.165) is 17.2 Å². The first-order chi connectivity index (χ1) is 20.4. The molecule has 1 fully saturated rings. The average molecular weight is 571 g/mol. The van der Waals surface area contributed by atoms with E-state index in [1.807, 2.05) is 42.5 Å². The third-order valence-electron chi connectivity index (χ3n) is 7.00. The van der Waals surface area contributed by atoms with Gasteiger partial charge in [-0.2, -0.15) is 0 Å². The highest BCUT2D eigenvalue weighted by molar-refractivity contribution is 5.93. The Kier molecular flexibility index (Phi) is 11.0. The fourth-order valence-electron chi connectivity index (χ4n) is 4.61. The van der Waals surface area contributed by atoms with Crippen LogP contribution in [0.3, 0.4) is 0 Å². The van der Waals surface area contributed by atoms with Gasteiger partial charge in [0.15, 0.2) is 0 Å². The summed E-state index contributed by atoms with van der Waals surface area (Å²) in [5.41, 5.74) is 2.79. The van der Waals surface area contributed by atoms with E-state index in [1.165, 1.54) is 24.3 Å². The third-order valence-corrected chi connectivity index (χ3v) is 7.00. The molecular formula is C34H34O8. The topological polar surface area (TPSA) is 105 Å². The van der Waals surface area contributed by atoms with Crippen LogP contribution in [-0.4, -0.2) is 43.2 Å². The van der Waals surface area contributed by atoms with Crippen molar-refractivity contribution < 1.29 is 38.1 Å². The second-order valence-corrected chi connectivity index (χ2v) is 9.98. The normalized spacial score (nSPS) is 16.1. The first-order valence-electron chi connectivity index (χ1n) is 14.1. The van der Waals surface area contributed by atoms with Crippen LogP contribution in [0, 0.1) is 5.92 Å². The number of hydrogen-bond acceptors (Lipinski definition) is 8. The summed E-state index contributed by atoms with van der Waals surface area (Å²) >= 11 is 0. The second-order valence-electron chi connectivity index (χ2n) is 9.98. The summed E-state index contributed by atoms with van der Waals surface area (Å²) in [6.45, 7) is 3.74. The van der Waals surface area contributed by atoms with E-state index in [0.29, 0.717) is 55.4 Å². The predicted molar refractivity (Wildman–Crippen MR) is 156 cm³/mol. The van der Waals surface area contributed by atoms with Crippen LogP contribution >= 0.6 is 0 Å². The van der Waals surface area contributed by atoms with Gasteiger partial charge in [0.05, 0.1) is 30.3 Å². The lowest BCUT2D eigenvalue weighted by atomic mass is 9.87. The summed E-state index contributed by atoms with van der Waals surface area (Å²) in [6, 6.07) is 23.5. The Morgan fingerprint density at radius 1 is 0.690 bits per heavy atom. The molecule has 0 spiro atoms. The van der Waals surface area contributed by atoms with Crippen LogP contribution in [0.15, 0.2) is 91.5 Å². The van der Waals surface area contributed by atoms with Crippen molar-refractivity contribution in [2.24, 2.45) is 5.92 Å². The van der Waals surface area contributed by atoms with Crippen LogP contribution in [0.2, 0.25) is 0 Å². The Hall–Kier alpha value is -4.72. The standard InChI is InChI=1S/C34H34O8/c1-2-31(35)39-22-6-7-23-40-32(36)26-10-12-27(13-11-26)33(37)42-30-20-16-28(17-21-30)34(38)41-29-18-14-25(15-19-29)24-8-4-3-5-9-24/h2-5,8-15,18-19,28,30H,1,6-7,16-17,20-23H2. The molecule has 0 radical (unpaired) electrons. The lowest BCUT2D eigenvalue weighted by Crippen LogP contribution is -2.30. The number of unbranched alkanes of at least 4 members (excludes halogenated alkanes) is 1. The van der Waals surface area contributed by atoms with E-state index in [-0.39, 0.29) is 31.2 Å². The van der Waals surface area contributed by atoms with E-state index >= 15 is 0 Å². The van der Waals surface area contributed by atoms with Gasteiger partial charge in [-0.25, -0.2) is 14.4 Å². The van der Waals surface area contributed by atoms with Gasteiger partial charge in [0.2, 0.25) is 0 Å². The van der Waals surface area contributed by atoms with Gasteiger partial charge in [-0.05, 0) is 86.1 Å². The molecule has 0 N–H and O–H groups in total. The summed E-state index contributed by atoms with van der Waals surface area (Å²) in [7, 11) is 0. The van der Waals surface area contributed by atoms with Crippen molar-refractivity contribution in [1.82, 2.24) is 0 Å². The van der Waals surface area contributed by atoms with Crippen molar-refractivity contribution >= 4 is 23.9 Å². The smallest absolute Gasteiger partial charge is 0.338 e. The Balaban J connectivity index is 1.16. The summed E-state index contributed by atoms with van der Waals surface area (Å²) in [5.74, 6) is -1.48. The fourth-order valence-corrected chi connectivity index (χ4v) is 4.61. The van der Waals surface area contributed by atoms with Crippen molar-refractivity contribution in [2.75, 3.05) is 13.2 Å². The first kappa shape index (κ1) is 30.2. The van der Waals surface area contributed by atoms with Gasteiger partial charge in [0, 0.05) is 6.08 Å². The average Bonchev–Trinajstić information content (AvgIpc) is 3.03. The van der Waals surface area contributed by atoms with E-state index in [2.05, 4.69) is 6.58 Å². The molecule has 0 aliphatic heterocycles. The molecule has 0 aromatic heterocycles. The minimum Gasteiger partial charge on any atom is -0.463 e. The van der Waals surface area contributed by atoms with Gasteiger partial charge in [0.25, 0.3) is 0 Å². The van der Waals surface area contributed by atoms with Crippen molar-refractivity contribution in [3.05, 3.63) is 103 Å². The van der Waals surface area contributed by atoms with Crippen molar-refractivity contribution in [3.8, 4) is 16.9 Å². The molecule has 3 aromatic rings. The minimum atomic E-state index is -0.504. The number of hydrogen-bond donors (Lipinski definition) is 0. The van der Waals surface area contributed by atoms with Crippen LogP contribution in [0.5, 0.6) is 5.75 Å². The van der Waals surface area contributed by atoms with Gasteiger partial charge >= 0.3 is 23.9 Å². The molecule has 0 amide bonds. The van der Waals surface area contributed by atoms with Gasteiger partial charge in [-0.3, -0.25) is 4.79 Å². The van der Waals surface area contributed by atoms with Crippen molar-refractivity contribution in [1.29, 1.82) is 0 Å². The van der Waals surface area contributed by atoms with E-state index in [9.17, 15) is 19.2 Å². The van der Waals surface area contributed by atoms with Gasteiger partial charge in [-0.1, -0.05) is 49.0 Å². The van der Waals surface area contributed by atoms with Gasteiger partial charge < -0.3 is 18.9 Å². The van der Waals surface area contributed by atoms with Crippen LogP contribution in [0.1, 0.15) is 59.2 Å². The number of carbonyl (C=O) groups excluding carboxylic acids is 4. The molecule has 1 aliphatic carbocycles. The summed E-state index contributed by atoms with van der Waals surface area (Å²) in [5, 5.41) is 0. The quantitative estimate of drug-likeness (QED) is 0.0817. The van der Waals surface area contributed by atoms with E-state index in [4.69, 9.17) is 18.9 Å². The Labute approximate surface area is 245 Å². The number of rotatable bonds is 12. The molecule has 0 unspecified atom stereocenters. The number of esters is 4. The molecule has 4 rings (SSSR count). The number of ether oxygens (including phenoxy) is 4.